The number of likely N-dealkylation sites (tertiary alicyclic amines) is 1. The summed E-state index contributed by atoms with van der Waals surface area (Å²) in [5.41, 5.74) is 3.78. The summed E-state index contributed by atoms with van der Waals surface area (Å²) in [6.07, 6.45) is 9.91. The molecule has 0 aromatic carbocycles. The van der Waals surface area contributed by atoms with Crippen molar-refractivity contribution in [2.45, 2.75) is 32.7 Å². The fraction of sp³-hybridized carbons (Fsp3) is 0.529. The van der Waals surface area contributed by atoms with E-state index in [1.165, 1.54) is 37.1 Å². The molecule has 4 nitrogen and oxygen atoms in total. The summed E-state index contributed by atoms with van der Waals surface area (Å²) in [6, 6.07) is 4.34. The first kappa shape index (κ1) is 14.3. The normalized spacial score (nSPS) is 19.8. The van der Waals surface area contributed by atoms with Crippen molar-refractivity contribution < 1.29 is 0 Å². The van der Waals surface area contributed by atoms with Gasteiger partial charge in [0.15, 0.2) is 0 Å². The number of aryl methyl sites for hydroxylation is 2. The van der Waals surface area contributed by atoms with E-state index in [0.29, 0.717) is 0 Å². The lowest BCUT2D eigenvalue weighted by atomic mass is 9.91. The van der Waals surface area contributed by atoms with Gasteiger partial charge < -0.3 is 0 Å². The Balaban J connectivity index is 1.56. The fourth-order valence-electron chi connectivity index (χ4n) is 3.23. The Kier molecular flexibility index (Phi) is 4.34. The Hall–Kier alpha value is -1.68. The molecule has 2 aromatic rings. The number of rotatable bonds is 4. The Bertz CT molecular complexity index is 573. The van der Waals surface area contributed by atoms with Gasteiger partial charge in [-0.05, 0) is 50.3 Å². The summed E-state index contributed by atoms with van der Waals surface area (Å²) in [4.78, 5) is 6.97. The number of hydrogen-bond acceptors (Lipinski definition) is 3. The van der Waals surface area contributed by atoms with Gasteiger partial charge in [0.05, 0.1) is 6.20 Å². The zero-order valence-corrected chi connectivity index (χ0v) is 13.0. The summed E-state index contributed by atoms with van der Waals surface area (Å²) in [6.45, 7) is 5.46. The van der Waals surface area contributed by atoms with Gasteiger partial charge in [0.25, 0.3) is 0 Å². The molecule has 1 unspecified atom stereocenters. The molecule has 0 bridgehead atoms. The van der Waals surface area contributed by atoms with Crippen molar-refractivity contribution in [3.63, 3.8) is 0 Å². The van der Waals surface area contributed by atoms with E-state index in [1.807, 2.05) is 31.0 Å². The molecule has 1 atom stereocenters. The Labute approximate surface area is 126 Å². The molecule has 1 saturated heterocycles. The van der Waals surface area contributed by atoms with E-state index >= 15 is 0 Å². The van der Waals surface area contributed by atoms with Gasteiger partial charge in [-0.25, -0.2) is 0 Å². The predicted molar refractivity (Wildman–Crippen MR) is 83.9 cm³/mol. The van der Waals surface area contributed by atoms with Crippen LogP contribution in [0.3, 0.4) is 0 Å². The highest BCUT2D eigenvalue weighted by Gasteiger charge is 2.20. The van der Waals surface area contributed by atoms with Crippen LogP contribution in [0.25, 0.3) is 0 Å². The molecule has 3 rings (SSSR count). The fourth-order valence-corrected chi connectivity index (χ4v) is 3.23. The standard InChI is InChI=1S/C17H24N4/c1-14-5-6-15(9-18-14)8-16-4-3-7-21(12-16)13-17-10-19-20(2)11-17/h5-6,9-11,16H,3-4,7-8,12-13H2,1-2H3. The summed E-state index contributed by atoms with van der Waals surface area (Å²) in [5, 5.41) is 4.26. The molecule has 1 aliphatic heterocycles. The molecule has 1 fully saturated rings. The van der Waals surface area contributed by atoms with Crippen molar-refractivity contribution >= 4 is 0 Å². The third kappa shape index (κ3) is 3.91. The molecule has 0 spiro atoms. The van der Waals surface area contributed by atoms with Crippen molar-refractivity contribution in [3.05, 3.63) is 47.5 Å². The van der Waals surface area contributed by atoms with E-state index < -0.39 is 0 Å². The largest absolute Gasteiger partial charge is 0.299 e. The van der Waals surface area contributed by atoms with Crippen molar-refractivity contribution in [2.24, 2.45) is 13.0 Å². The summed E-state index contributed by atoms with van der Waals surface area (Å²) >= 11 is 0. The summed E-state index contributed by atoms with van der Waals surface area (Å²) in [7, 11) is 1.98. The first-order valence-electron chi connectivity index (χ1n) is 7.80. The van der Waals surface area contributed by atoms with Gasteiger partial charge in [0, 0.05) is 43.8 Å². The number of piperidine rings is 1. The summed E-state index contributed by atoms with van der Waals surface area (Å²) in [5.74, 6) is 0.750. The molecule has 4 heteroatoms. The van der Waals surface area contributed by atoms with Crippen LogP contribution in [-0.4, -0.2) is 32.8 Å². The van der Waals surface area contributed by atoms with Crippen LogP contribution in [0.5, 0.6) is 0 Å². The average Bonchev–Trinajstić information content (AvgIpc) is 2.87. The lowest BCUT2D eigenvalue weighted by molar-refractivity contribution is 0.167. The number of pyridine rings is 1. The SMILES string of the molecule is Cc1ccc(CC2CCCN(Cc3cnn(C)c3)C2)cn1. The maximum Gasteiger partial charge on any atom is 0.0534 e. The second-order valence-corrected chi connectivity index (χ2v) is 6.28. The van der Waals surface area contributed by atoms with E-state index in [1.54, 1.807) is 0 Å². The molecule has 1 aliphatic rings. The van der Waals surface area contributed by atoms with Crippen molar-refractivity contribution in [1.29, 1.82) is 0 Å². The van der Waals surface area contributed by atoms with E-state index in [-0.39, 0.29) is 0 Å². The van der Waals surface area contributed by atoms with Gasteiger partial charge in [-0.3, -0.25) is 14.6 Å². The Morgan fingerprint density at radius 2 is 2.14 bits per heavy atom. The van der Waals surface area contributed by atoms with Gasteiger partial charge in [-0.2, -0.15) is 5.10 Å². The number of hydrogen-bond donors (Lipinski definition) is 0. The van der Waals surface area contributed by atoms with E-state index in [9.17, 15) is 0 Å². The van der Waals surface area contributed by atoms with E-state index in [4.69, 9.17) is 0 Å². The van der Waals surface area contributed by atoms with Crippen LogP contribution in [0.1, 0.15) is 29.7 Å². The quantitative estimate of drug-likeness (QED) is 0.865. The van der Waals surface area contributed by atoms with Gasteiger partial charge in [0.1, 0.15) is 0 Å². The lowest BCUT2D eigenvalue weighted by Gasteiger charge is -2.32. The second kappa shape index (κ2) is 6.39. The van der Waals surface area contributed by atoms with Crippen LogP contribution in [-0.2, 0) is 20.0 Å². The Morgan fingerprint density at radius 1 is 1.24 bits per heavy atom. The first-order chi connectivity index (χ1) is 10.2. The molecule has 0 N–H and O–H groups in total. The number of aromatic nitrogens is 3. The van der Waals surface area contributed by atoms with Crippen LogP contribution < -0.4 is 0 Å². The molecule has 0 radical (unpaired) electrons. The summed E-state index contributed by atoms with van der Waals surface area (Å²) < 4.78 is 1.88. The molecular formula is C17H24N4. The van der Waals surface area contributed by atoms with Crippen molar-refractivity contribution in [2.75, 3.05) is 13.1 Å². The van der Waals surface area contributed by atoms with Gasteiger partial charge >= 0.3 is 0 Å². The van der Waals surface area contributed by atoms with Crippen molar-refractivity contribution in [1.82, 2.24) is 19.7 Å². The molecule has 0 aliphatic carbocycles. The van der Waals surface area contributed by atoms with Crippen LogP contribution in [0.4, 0.5) is 0 Å². The number of nitrogens with zero attached hydrogens (tertiary/aromatic N) is 4. The highest BCUT2D eigenvalue weighted by Crippen LogP contribution is 2.22. The predicted octanol–water partition coefficient (Wildman–Crippen LogP) is 2.58. The molecule has 0 saturated carbocycles. The lowest BCUT2D eigenvalue weighted by Crippen LogP contribution is -2.35. The Morgan fingerprint density at radius 3 is 2.86 bits per heavy atom. The van der Waals surface area contributed by atoms with Crippen LogP contribution in [0.2, 0.25) is 0 Å². The highest BCUT2D eigenvalue weighted by atomic mass is 15.2. The molecule has 112 valence electrons. The van der Waals surface area contributed by atoms with Crippen LogP contribution in [0.15, 0.2) is 30.7 Å². The molecule has 2 aromatic heterocycles. The third-order valence-electron chi connectivity index (χ3n) is 4.26. The minimum absolute atomic E-state index is 0.750. The zero-order valence-electron chi connectivity index (χ0n) is 13.0. The highest BCUT2D eigenvalue weighted by molar-refractivity contribution is 5.14. The van der Waals surface area contributed by atoms with Crippen LogP contribution >= 0.6 is 0 Å². The van der Waals surface area contributed by atoms with Gasteiger partial charge in [-0.1, -0.05) is 6.07 Å². The average molecular weight is 284 g/mol. The maximum absolute atomic E-state index is 4.41. The maximum atomic E-state index is 4.41. The van der Waals surface area contributed by atoms with Gasteiger partial charge in [-0.15, -0.1) is 0 Å². The third-order valence-corrected chi connectivity index (χ3v) is 4.26. The minimum atomic E-state index is 0.750. The second-order valence-electron chi connectivity index (χ2n) is 6.28. The van der Waals surface area contributed by atoms with E-state index in [0.717, 1.165) is 24.6 Å². The van der Waals surface area contributed by atoms with Crippen molar-refractivity contribution in [3.8, 4) is 0 Å². The smallest absolute Gasteiger partial charge is 0.0534 e. The zero-order chi connectivity index (χ0) is 14.7. The van der Waals surface area contributed by atoms with E-state index in [2.05, 4.69) is 33.3 Å². The minimum Gasteiger partial charge on any atom is -0.299 e. The molecular weight excluding hydrogens is 260 g/mol. The topological polar surface area (TPSA) is 34.0 Å². The monoisotopic (exact) mass is 284 g/mol. The van der Waals surface area contributed by atoms with Crippen LogP contribution in [0, 0.1) is 12.8 Å². The first-order valence-corrected chi connectivity index (χ1v) is 7.80. The molecule has 21 heavy (non-hydrogen) atoms. The molecule has 3 heterocycles. The van der Waals surface area contributed by atoms with Gasteiger partial charge in [0.2, 0.25) is 0 Å². The molecule has 0 amide bonds.